The summed E-state index contributed by atoms with van der Waals surface area (Å²) in [6, 6.07) is 1.94. The molecule has 0 saturated heterocycles. The quantitative estimate of drug-likeness (QED) is 0.742. The lowest BCUT2D eigenvalue weighted by Crippen LogP contribution is -2.43. The second-order valence-corrected chi connectivity index (χ2v) is 5.89. The summed E-state index contributed by atoms with van der Waals surface area (Å²) >= 11 is 1.53. The molecule has 0 radical (unpaired) electrons. The van der Waals surface area contributed by atoms with Gasteiger partial charge < -0.3 is 15.5 Å². The van der Waals surface area contributed by atoms with Crippen LogP contribution in [0.1, 0.15) is 33.5 Å². The molecule has 1 atom stereocenters. The maximum Gasteiger partial charge on any atom is 0.261 e. The number of carbonyl (C=O) groups excluding carboxylic acids is 1. The highest BCUT2D eigenvalue weighted by Crippen LogP contribution is 2.30. The van der Waals surface area contributed by atoms with Crippen molar-refractivity contribution in [3.05, 3.63) is 21.4 Å². The molecule has 2 rings (SSSR count). The van der Waals surface area contributed by atoms with Crippen LogP contribution in [0.25, 0.3) is 0 Å². The maximum atomic E-state index is 11.8. The van der Waals surface area contributed by atoms with Gasteiger partial charge in [-0.1, -0.05) is 0 Å². The van der Waals surface area contributed by atoms with Gasteiger partial charge in [-0.2, -0.15) is 0 Å². The molecule has 5 heteroatoms. The van der Waals surface area contributed by atoms with Gasteiger partial charge in [0.1, 0.15) is 5.60 Å². The lowest BCUT2D eigenvalue weighted by molar-refractivity contribution is 0.00323. The number of nitrogens with one attached hydrogen (secondary N) is 1. The van der Waals surface area contributed by atoms with Crippen molar-refractivity contribution in [1.82, 2.24) is 5.32 Å². The predicted molar refractivity (Wildman–Crippen MR) is 66.4 cm³/mol. The standard InChI is InChI=1S/C12H17NO3S/c1-12(16,7-14)6-13-11(15)10-5-8-3-2-4-9(8)17-10/h5,14,16H,2-4,6-7H2,1H3,(H,13,15). The molecule has 3 N–H and O–H groups in total. The van der Waals surface area contributed by atoms with E-state index in [0.29, 0.717) is 4.88 Å². The number of fused-ring (bicyclic) bond motifs is 1. The van der Waals surface area contributed by atoms with E-state index in [1.165, 1.54) is 35.1 Å². The number of rotatable bonds is 4. The zero-order valence-corrected chi connectivity index (χ0v) is 10.6. The van der Waals surface area contributed by atoms with Crippen molar-refractivity contribution in [2.24, 2.45) is 0 Å². The third kappa shape index (κ3) is 2.86. The molecule has 1 aliphatic carbocycles. The van der Waals surface area contributed by atoms with Crippen LogP contribution in [-0.2, 0) is 12.8 Å². The second-order valence-electron chi connectivity index (χ2n) is 4.75. The summed E-state index contributed by atoms with van der Waals surface area (Å²) in [5.41, 5.74) is 0.0319. The lowest BCUT2D eigenvalue weighted by Gasteiger charge is -2.20. The average Bonchev–Trinajstić information content (AvgIpc) is 2.86. The van der Waals surface area contributed by atoms with Gasteiger partial charge in [-0.25, -0.2) is 0 Å². The van der Waals surface area contributed by atoms with Crippen LogP contribution in [-0.4, -0.2) is 34.9 Å². The number of hydrogen-bond acceptors (Lipinski definition) is 4. The number of aryl methyl sites for hydroxylation is 2. The molecule has 1 aromatic heterocycles. The monoisotopic (exact) mass is 255 g/mol. The fraction of sp³-hybridized carbons (Fsp3) is 0.583. The van der Waals surface area contributed by atoms with Gasteiger partial charge in [-0.05, 0) is 37.8 Å². The first-order chi connectivity index (χ1) is 8.02. The molecule has 1 aromatic rings. The van der Waals surface area contributed by atoms with Gasteiger partial charge in [0, 0.05) is 11.4 Å². The third-order valence-electron chi connectivity index (χ3n) is 2.94. The first-order valence-electron chi connectivity index (χ1n) is 5.75. The summed E-state index contributed by atoms with van der Waals surface area (Å²) in [5.74, 6) is -0.168. The first-order valence-corrected chi connectivity index (χ1v) is 6.56. The van der Waals surface area contributed by atoms with Crippen LogP contribution in [0.5, 0.6) is 0 Å². The van der Waals surface area contributed by atoms with Crippen molar-refractivity contribution in [2.45, 2.75) is 31.8 Å². The SMILES string of the molecule is CC(O)(CO)CNC(=O)c1cc2c(s1)CCC2. The molecular weight excluding hydrogens is 238 g/mol. The second kappa shape index (κ2) is 4.76. The zero-order valence-electron chi connectivity index (χ0n) is 9.82. The maximum absolute atomic E-state index is 11.8. The summed E-state index contributed by atoms with van der Waals surface area (Å²) in [4.78, 5) is 13.8. The highest BCUT2D eigenvalue weighted by Gasteiger charge is 2.22. The van der Waals surface area contributed by atoms with E-state index in [1.807, 2.05) is 6.07 Å². The van der Waals surface area contributed by atoms with Gasteiger partial charge in [0.05, 0.1) is 11.5 Å². The van der Waals surface area contributed by atoms with Gasteiger partial charge in [-0.3, -0.25) is 4.79 Å². The van der Waals surface area contributed by atoms with E-state index in [4.69, 9.17) is 5.11 Å². The summed E-state index contributed by atoms with van der Waals surface area (Å²) < 4.78 is 0. The average molecular weight is 255 g/mol. The van der Waals surface area contributed by atoms with Crippen molar-refractivity contribution in [3.63, 3.8) is 0 Å². The fourth-order valence-corrected chi connectivity index (χ4v) is 3.02. The number of aliphatic hydroxyl groups is 2. The van der Waals surface area contributed by atoms with Crippen LogP contribution in [0.3, 0.4) is 0 Å². The van der Waals surface area contributed by atoms with Gasteiger partial charge in [0.25, 0.3) is 5.91 Å². The molecule has 94 valence electrons. The molecule has 0 bridgehead atoms. The van der Waals surface area contributed by atoms with Gasteiger partial charge >= 0.3 is 0 Å². The van der Waals surface area contributed by atoms with Crippen LogP contribution in [0.2, 0.25) is 0 Å². The van der Waals surface area contributed by atoms with E-state index >= 15 is 0 Å². The smallest absolute Gasteiger partial charge is 0.261 e. The van der Waals surface area contributed by atoms with Crippen molar-refractivity contribution >= 4 is 17.2 Å². The molecule has 0 fully saturated rings. The van der Waals surface area contributed by atoms with Gasteiger partial charge in [-0.15, -0.1) is 11.3 Å². The molecule has 4 nitrogen and oxygen atoms in total. The van der Waals surface area contributed by atoms with E-state index in [0.717, 1.165) is 12.8 Å². The minimum Gasteiger partial charge on any atom is -0.393 e. The Labute approximate surface area is 104 Å². The Hall–Kier alpha value is -0.910. The molecule has 1 unspecified atom stereocenters. The molecule has 0 aliphatic heterocycles. The Morgan fingerprint density at radius 1 is 1.59 bits per heavy atom. The predicted octanol–water partition coefficient (Wildman–Crippen LogP) is 0.710. The molecule has 0 saturated carbocycles. The number of carbonyl (C=O) groups is 1. The Bertz CT molecular complexity index is 404. The summed E-state index contributed by atoms with van der Waals surface area (Å²) in [6.07, 6.45) is 3.32. The van der Waals surface area contributed by atoms with Crippen LogP contribution < -0.4 is 5.32 Å². The molecule has 17 heavy (non-hydrogen) atoms. The van der Waals surface area contributed by atoms with E-state index in [1.54, 1.807) is 0 Å². The van der Waals surface area contributed by atoms with Crippen molar-refractivity contribution in [3.8, 4) is 0 Å². The highest BCUT2D eigenvalue weighted by molar-refractivity contribution is 7.14. The van der Waals surface area contributed by atoms with Crippen LogP contribution >= 0.6 is 11.3 Å². The van der Waals surface area contributed by atoms with Crippen LogP contribution in [0.4, 0.5) is 0 Å². The Kier molecular flexibility index (Phi) is 3.51. The molecule has 1 aliphatic rings. The molecule has 1 amide bonds. The summed E-state index contributed by atoms with van der Waals surface area (Å²) in [7, 11) is 0. The third-order valence-corrected chi connectivity index (χ3v) is 4.18. The Balaban J connectivity index is 1.96. The largest absolute Gasteiger partial charge is 0.393 e. The Morgan fingerprint density at radius 3 is 3.00 bits per heavy atom. The first kappa shape index (κ1) is 12.5. The molecule has 0 aromatic carbocycles. The number of aliphatic hydroxyl groups excluding tert-OH is 1. The lowest BCUT2D eigenvalue weighted by atomic mass is 10.1. The highest BCUT2D eigenvalue weighted by atomic mass is 32.1. The summed E-state index contributed by atoms with van der Waals surface area (Å²) in [5, 5.41) is 21.1. The minimum atomic E-state index is -1.25. The summed E-state index contributed by atoms with van der Waals surface area (Å²) in [6.45, 7) is 1.18. The van der Waals surface area contributed by atoms with E-state index in [9.17, 15) is 9.90 Å². The Morgan fingerprint density at radius 2 is 2.35 bits per heavy atom. The molecule has 1 heterocycles. The van der Waals surface area contributed by atoms with E-state index in [-0.39, 0.29) is 19.1 Å². The van der Waals surface area contributed by atoms with Crippen LogP contribution in [0, 0.1) is 0 Å². The van der Waals surface area contributed by atoms with Crippen molar-refractivity contribution in [2.75, 3.05) is 13.2 Å². The molecular formula is C12H17NO3S. The number of thiophene rings is 1. The number of hydrogen-bond donors (Lipinski definition) is 3. The normalized spacial score (nSPS) is 17.6. The van der Waals surface area contributed by atoms with E-state index in [2.05, 4.69) is 5.32 Å². The van der Waals surface area contributed by atoms with Crippen molar-refractivity contribution in [1.29, 1.82) is 0 Å². The topological polar surface area (TPSA) is 69.6 Å². The fourth-order valence-electron chi connectivity index (χ4n) is 1.85. The van der Waals surface area contributed by atoms with Crippen molar-refractivity contribution < 1.29 is 15.0 Å². The van der Waals surface area contributed by atoms with Gasteiger partial charge in [0.15, 0.2) is 0 Å². The zero-order chi connectivity index (χ0) is 12.5. The minimum absolute atomic E-state index is 0.0604. The van der Waals surface area contributed by atoms with Gasteiger partial charge in [0.2, 0.25) is 0 Å². The van der Waals surface area contributed by atoms with Crippen LogP contribution in [0.15, 0.2) is 6.07 Å². The number of amides is 1. The van der Waals surface area contributed by atoms with E-state index < -0.39 is 5.60 Å². The molecule has 0 spiro atoms.